The quantitative estimate of drug-likeness (QED) is 0.286. The third-order valence-electron chi connectivity index (χ3n) is 6.75. The molecule has 5 nitrogen and oxygen atoms in total. The van der Waals surface area contributed by atoms with Gasteiger partial charge in [-0.05, 0) is 36.4 Å². The van der Waals surface area contributed by atoms with Crippen molar-refractivity contribution in [3.05, 3.63) is 127 Å². The number of pyridine rings is 1. The molecule has 36 heavy (non-hydrogen) atoms. The van der Waals surface area contributed by atoms with Crippen molar-refractivity contribution < 1.29 is 9.59 Å². The summed E-state index contributed by atoms with van der Waals surface area (Å²) < 4.78 is 3.36. The van der Waals surface area contributed by atoms with Crippen LogP contribution in [0.3, 0.4) is 0 Å². The Morgan fingerprint density at radius 2 is 0.722 bits per heavy atom. The van der Waals surface area contributed by atoms with Gasteiger partial charge in [0.2, 0.25) is 0 Å². The maximum absolute atomic E-state index is 13.8. The molecule has 0 spiro atoms. The Kier molecular flexibility index (Phi) is 4.38. The van der Waals surface area contributed by atoms with Crippen LogP contribution >= 0.6 is 0 Å². The van der Waals surface area contributed by atoms with E-state index < -0.39 is 0 Å². The minimum absolute atomic E-state index is 0.216. The Morgan fingerprint density at radius 1 is 0.417 bits per heavy atom. The summed E-state index contributed by atoms with van der Waals surface area (Å²) in [6.07, 6.45) is 0. The zero-order valence-corrected chi connectivity index (χ0v) is 19.1. The molecule has 0 saturated heterocycles. The largest absolute Gasteiger partial charge is 0.281 e. The molecule has 0 N–H and O–H groups in total. The van der Waals surface area contributed by atoms with Crippen molar-refractivity contribution in [1.29, 1.82) is 0 Å². The van der Waals surface area contributed by atoms with Crippen LogP contribution in [0, 0.1) is 0 Å². The highest BCUT2D eigenvalue weighted by atomic mass is 16.2. The van der Waals surface area contributed by atoms with Gasteiger partial charge in [0, 0.05) is 21.5 Å². The number of nitrogens with zero attached hydrogens (tertiary/aromatic N) is 3. The zero-order chi connectivity index (χ0) is 24.2. The lowest BCUT2D eigenvalue weighted by Gasteiger charge is -2.09. The number of fused-ring (bicyclic) bond motifs is 6. The second kappa shape index (κ2) is 7.75. The van der Waals surface area contributed by atoms with E-state index in [4.69, 9.17) is 0 Å². The van der Waals surface area contributed by atoms with E-state index >= 15 is 0 Å². The molecular formula is C31H19N3O2. The molecule has 0 aliphatic heterocycles. The highest BCUT2D eigenvalue weighted by molar-refractivity contribution is 6.17. The summed E-state index contributed by atoms with van der Waals surface area (Å²) in [5.41, 5.74) is 3.67. The second-order valence-electron chi connectivity index (χ2n) is 8.76. The van der Waals surface area contributed by atoms with Crippen molar-refractivity contribution in [2.75, 3.05) is 0 Å². The molecular weight excluding hydrogens is 446 g/mol. The standard InChI is InChI=1S/C31H19N3O2/c35-30(33-26-16-5-1-10-20(26)21-11-2-6-17-27(21)33)24-14-9-15-25(32-24)31(36)34-28-18-7-3-12-22(28)23-13-4-8-19-29(23)34/h1-19H. The summed E-state index contributed by atoms with van der Waals surface area (Å²) in [6.45, 7) is 0. The van der Waals surface area contributed by atoms with Crippen molar-refractivity contribution in [2.45, 2.75) is 0 Å². The molecule has 7 aromatic rings. The third-order valence-corrected chi connectivity index (χ3v) is 6.75. The highest BCUT2D eigenvalue weighted by Crippen LogP contribution is 2.31. The predicted octanol–water partition coefficient (Wildman–Crippen LogP) is 6.67. The van der Waals surface area contributed by atoms with E-state index in [9.17, 15) is 9.59 Å². The van der Waals surface area contributed by atoms with Gasteiger partial charge < -0.3 is 0 Å². The van der Waals surface area contributed by atoms with E-state index in [1.165, 1.54) is 0 Å². The van der Waals surface area contributed by atoms with Gasteiger partial charge in [-0.15, -0.1) is 0 Å². The van der Waals surface area contributed by atoms with Crippen LogP contribution in [0.15, 0.2) is 115 Å². The average Bonchev–Trinajstić information content (AvgIpc) is 3.46. The lowest BCUT2D eigenvalue weighted by Crippen LogP contribution is -2.18. The number of carbonyl (C=O) groups excluding carboxylic acids is 2. The minimum atomic E-state index is -0.274. The van der Waals surface area contributed by atoms with Crippen LogP contribution < -0.4 is 0 Å². The molecule has 7 rings (SSSR count). The fraction of sp³-hybridized carbons (Fsp3) is 0. The van der Waals surface area contributed by atoms with Gasteiger partial charge >= 0.3 is 0 Å². The molecule has 3 aromatic heterocycles. The summed E-state index contributed by atoms with van der Waals surface area (Å²) in [7, 11) is 0. The van der Waals surface area contributed by atoms with Crippen molar-refractivity contribution in [1.82, 2.24) is 14.1 Å². The molecule has 3 heterocycles. The first-order valence-corrected chi connectivity index (χ1v) is 11.8. The molecule has 0 atom stereocenters. The van der Waals surface area contributed by atoms with E-state index in [2.05, 4.69) is 4.98 Å². The van der Waals surface area contributed by atoms with Gasteiger partial charge in [0.25, 0.3) is 11.8 Å². The van der Waals surface area contributed by atoms with Gasteiger partial charge in [0.1, 0.15) is 11.4 Å². The molecule has 0 radical (unpaired) electrons. The topological polar surface area (TPSA) is 56.9 Å². The Balaban J connectivity index is 1.39. The molecule has 5 heteroatoms. The Hall–Kier alpha value is -5.03. The smallest absolute Gasteiger partial charge is 0.274 e. The lowest BCUT2D eigenvalue weighted by molar-refractivity contribution is 0.0960. The second-order valence-corrected chi connectivity index (χ2v) is 8.76. The Labute approximate surface area is 205 Å². The molecule has 0 amide bonds. The van der Waals surface area contributed by atoms with Crippen molar-refractivity contribution in [3.63, 3.8) is 0 Å². The van der Waals surface area contributed by atoms with Crippen molar-refractivity contribution in [3.8, 4) is 0 Å². The summed E-state index contributed by atoms with van der Waals surface area (Å²) in [5, 5.41) is 4.00. The number of rotatable bonds is 2. The molecule has 0 aliphatic carbocycles. The monoisotopic (exact) mass is 465 g/mol. The Morgan fingerprint density at radius 3 is 1.06 bits per heavy atom. The van der Waals surface area contributed by atoms with Crippen molar-refractivity contribution >= 4 is 55.4 Å². The van der Waals surface area contributed by atoms with Crippen LogP contribution in [0.5, 0.6) is 0 Å². The first-order chi connectivity index (χ1) is 17.7. The number of hydrogen-bond donors (Lipinski definition) is 0. The van der Waals surface area contributed by atoms with Gasteiger partial charge in [-0.3, -0.25) is 18.7 Å². The summed E-state index contributed by atoms with van der Waals surface area (Å²) in [5.74, 6) is -0.548. The number of para-hydroxylation sites is 4. The fourth-order valence-corrected chi connectivity index (χ4v) is 5.18. The molecule has 0 unspecified atom stereocenters. The molecule has 0 aliphatic rings. The molecule has 170 valence electrons. The predicted molar refractivity (Wildman–Crippen MR) is 143 cm³/mol. The fourth-order valence-electron chi connectivity index (χ4n) is 5.18. The SMILES string of the molecule is O=C(c1cccc(C(=O)n2c3ccccc3c3ccccc32)n1)n1c2ccccc2c2ccccc21. The van der Waals surface area contributed by atoms with E-state index in [1.807, 2.05) is 97.1 Å². The van der Waals surface area contributed by atoms with Gasteiger partial charge in [-0.2, -0.15) is 0 Å². The van der Waals surface area contributed by atoms with Gasteiger partial charge in [0.05, 0.1) is 22.1 Å². The highest BCUT2D eigenvalue weighted by Gasteiger charge is 2.22. The van der Waals surface area contributed by atoms with Crippen LogP contribution in [0.4, 0.5) is 0 Å². The van der Waals surface area contributed by atoms with Crippen LogP contribution in [-0.2, 0) is 0 Å². The van der Waals surface area contributed by atoms with E-state index in [1.54, 1.807) is 27.3 Å². The van der Waals surface area contributed by atoms with Crippen LogP contribution in [-0.4, -0.2) is 25.9 Å². The number of hydrogen-bond acceptors (Lipinski definition) is 3. The molecule has 0 bridgehead atoms. The van der Waals surface area contributed by atoms with Crippen LogP contribution in [0.2, 0.25) is 0 Å². The first kappa shape index (κ1) is 20.4. The minimum Gasteiger partial charge on any atom is -0.274 e. The van der Waals surface area contributed by atoms with E-state index in [-0.39, 0.29) is 23.2 Å². The average molecular weight is 466 g/mol. The first-order valence-electron chi connectivity index (χ1n) is 11.8. The number of benzene rings is 4. The third kappa shape index (κ3) is 2.86. The van der Waals surface area contributed by atoms with Crippen LogP contribution in [0.25, 0.3) is 43.6 Å². The normalized spacial score (nSPS) is 11.6. The van der Waals surface area contributed by atoms with Gasteiger partial charge in [-0.1, -0.05) is 78.9 Å². The van der Waals surface area contributed by atoms with Crippen LogP contribution in [0.1, 0.15) is 21.0 Å². The van der Waals surface area contributed by atoms with E-state index in [0.29, 0.717) is 0 Å². The number of aromatic nitrogens is 3. The summed E-state index contributed by atoms with van der Waals surface area (Å²) in [4.78, 5) is 32.2. The van der Waals surface area contributed by atoms with Gasteiger partial charge in [0.15, 0.2) is 0 Å². The maximum Gasteiger partial charge on any atom is 0.281 e. The number of carbonyl (C=O) groups is 2. The maximum atomic E-state index is 13.8. The van der Waals surface area contributed by atoms with E-state index in [0.717, 1.165) is 43.6 Å². The molecule has 4 aromatic carbocycles. The Bertz CT molecular complexity index is 1750. The van der Waals surface area contributed by atoms with Gasteiger partial charge in [-0.25, -0.2) is 4.98 Å². The molecule has 0 saturated carbocycles. The summed E-state index contributed by atoms with van der Waals surface area (Å²) in [6, 6.07) is 36.3. The lowest BCUT2D eigenvalue weighted by atomic mass is 10.2. The molecule has 0 fully saturated rings. The summed E-state index contributed by atoms with van der Waals surface area (Å²) >= 11 is 0. The zero-order valence-electron chi connectivity index (χ0n) is 19.1. The van der Waals surface area contributed by atoms with Crippen molar-refractivity contribution in [2.24, 2.45) is 0 Å².